The van der Waals surface area contributed by atoms with Crippen LogP contribution < -0.4 is 0 Å². The summed E-state index contributed by atoms with van der Waals surface area (Å²) in [6, 6.07) is 3.86. The molecule has 9 heteroatoms. The van der Waals surface area contributed by atoms with Crippen LogP contribution >= 0.6 is 11.3 Å². The number of hydrogen-bond donors (Lipinski definition) is 0. The van der Waals surface area contributed by atoms with Crippen LogP contribution in [0.25, 0.3) is 11.6 Å². The number of carbonyl (C=O) groups excluding carboxylic acids is 1. The number of thiophene rings is 1. The molecule has 0 aliphatic carbocycles. The zero-order valence-corrected chi connectivity index (χ0v) is 13.9. The smallest absolute Gasteiger partial charge is 0.280 e. The van der Waals surface area contributed by atoms with Gasteiger partial charge in [0.1, 0.15) is 0 Å². The van der Waals surface area contributed by atoms with E-state index in [0.29, 0.717) is 30.4 Å². The molecule has 0 saturated carbocycles. The number of hydrogen-bond acceptors (Lipinski definition) is 7. The maximum Gasteiger partial charge on any atom is 0.280 e. The van der Waals surface area contributed by atoms with Crippen molar-refractivity contribution in [3.8, 4) is 11.6 Å². The van der Waals surface area contributed by atoms with Crippen LogP contribution in [0.3, 0.4) is 0 Å². The fourth-order valence-electron chi connectivity index (χ4n) is 2.75. The van der Waals surface area contributed by atoms with Crippen molar-refractivity contribution in [1.29, 1.82) is 0 Å². The van der Waals surface area contributed by atoms with Gasteiger partial charge in [0.2, 0.25) is 0 Å². The molecule has 0 unspecified atom stereocenters. The fourth-order valence-corrected chi connectivity index (χ4v) is 3.44. The SMILES string of the molecule is CCc1noc(-c2cn([C@@H]3CCN(C(=O)c4cccs4)C3)nn2)n1. The van der Waals surface area contributed by atoms with Crippen LogP contribution in [0.2, 0.25) is 0 Å². The molecule has 0 radical (unpaired) electrons. The normalized spacial score (nSPS) is 17.5. The van der Waals surface area contributed by atoms with E-state index in [2.05, 4.69) is 20.5 Å². The van der Waals surface area contributed by atoms with Gasteiger partial charge in [-0.05, 0) is 17.9 Å². The van der Waals surface area contributed by atoms with E-state index >= 15 is 0 Å². The fraction of sp³-hybridized carbons (Fsp3) is 0.400. The summed E-state index contributed by atoms with van der Waals surface area (Å²) in [6.07, 6.45) is 3.36. The van der Waals surface area contributed by atoms with Crippen molar-refractivity contribution in [1.82, 2.24) is 30.0 Å². The molecule has 1 fully saturated rings. The Hall–Kier alpha value is -2.55. The van der Waals surface area contributed by atoms with Crippen molar-refractivity contribution in [2.75, 3.05) is 13.1 Å². The Morgan fingerprint density at radius 1 is 1.50 bits per heavy atom. The van der Waals surface area contributed by atoms with Gasteiger partial charge in [-0.1, -0.05) is 23.4 Å². The van der Waals surface area contributed by atoms with Crippen molar-refractivity contribution in [2.45, 2.75) is 25.8 Å². The zero-order valence-electron chi connectivity index (χ0n) is 13.1. The number of aryl methyl sites for hydroxylation is 1. The Bertz CT molecular complexity index is 840. The summed E-state index contributed by atoms with van der Waals surface area (Å²) in [5.74, 6) is 1.10. The number of amides is 1. The molecule has 0 aromatic carbocycles. The third-order valence-corrected chi connectivity index (χ3v) is 4.93. The second-order valence-electron chi connectivity index (χ2n) is 5.62. The molecule has 3 aromatic heterocycles. The first-order valence-electron chi connectivity index (χ1n) is 7.82. The van der Waals surface area contributed by atoms with Gasteiger partial charge in [-0.15, -0.1) is 16.4 Å². The molecular formula is C15H16N6O2S. The summed E-state index contributed by atoms with van der Waals surface area (Å²) in [6.45, 7) is 3.31. The third-order valence-electron chi connectivity index (χ3n) is 4.07. The number of nitrogens with zero attached hydrogens (tertiary/aromatic N) is 6. The summed E-state index contributed by atoms with van der Waals surface area (Å²) in [4.78, 5) is 19.3. The van der Waals surface area contributed by atoms with Crippen molar-refractivity contribution in [3.63, 3.8) is 0 Å². The minimum atomic E-state index is 0.0809. The van der Waals surface area contributed by atoms with E-state index in [-0.39, 0.29) is 11.9 Å². The summed E-state index contributed by atoms with van der Waals surface area (Å²) in [5, 5.41) is 14.1. The maximum absolute atomic E-state index is 12.4. The number of carbonyl (C=O) groups is 1. The molecule has 1 aliphatic rings. The zero-order chi connectivity index (χ0) is 16.5. The summed E-state index contributed by atoms with van der Waals surface area (Å²) < 4.78 is 6.97. The van der Waals surface area contributed by atoms with Crippen LogP contribution in [0, 0.1) is 0 Å². The molecule has 1 aliphatic heterocycles. The molecule has 0 spiro atoms. The van der Waals surface area contributed by atoms with Gasteiger partial charge in [0.15, 0.2) is 11.5 Å². The molecule has 1 saturated heterocycles. The molecule has 124 valence electrons. The number of likely N-dealkylation sites (tertiary alicyclic amines) is 1. The van der Waals surface area contributed by atoms with Crippen LogP contribution in [0.1, 0.15) is 34.9 Å². The standard InChI is InChI=1S/C15H16N6O2S/c1-2-13-16-14(23-18-13)11-9-21(19-17-11)10-5-6-20(8-10)15(22)12-4-3-7-24-12/h3-4,7,9-10H,2,5-6,8H2,1H3/t10-/m1/s1. The van der Waals surface area contributed by atoms with Crippen LogP contribution in [-0.2, 0) is 6.42 Å². The van der Waals surface area contributed by atoms with E-state index in [1.807, 2.05) is 29.3 Å². The highest BCUT2D eigenvalue weighted by Gasteiger charge is 2.29. The molecule has 1 amide bonds. The first kappa shape index (κ1) is 15.0. The lowest BCUT2D eigenvalue weighted by Gasteiger charge is -2.15. The lowest BCUT2D eigenvalue weighted by Crippen LogP contribution is -2.28. The van der Waals surface area contributed by atoms with Crippen molar-refractivity contribution in [2.24, 2.45) is 0 Å². The summed E-state index contributed by atoms with van der Waals surface area (Å²) in [5.41, 5.74) is 0.560. The Labute approximate surface area is 142 Å². The second kappa shape index (κ2) is 6.16. The van der Waals surface area contributed by atoms with Crippen LogP contribution in [0.5, 0.6) is 0 Å². The van der Waals surface area contributed by atoms with Gasteiger partial charge in [0.25, 0.3) is 11.8 Å². The van der Waals surface area contributed by atoms with E-state index in [1.165, 1.54) is 11.3 Å². The van der Waals surface area contributed by atoms with E-state index in [0.717, 1.165) is 17.8 Å². The highest BCUT2D eigenvalue weighted by atomic mass is 32.1. The van der Waals surface area contributed by atoms with Gasteiger partial charge in [0.05, 0.1) is 17.1 Å². The minimum absolute atomic E-state index is 0.0809. The van der Waals surface area contributed by atoms with Gasteiger partial charge >= 0.3 is 0 Å². The van der Waals surface area contributed by atoms with Gasteiger partial charge in [-0.2, -0.15) is 4.98 Å². The van der Waals surface area contributed by atoms with Crippen LogP contribution in [-0.4, -0.2) is 49.0 Å². The Kier molecular flexibility index (Phi) is 3.85. The molecule has 3 aromatic rings. The molecule has 4 rings (SSSR count). The number of aromatic nitrogens is 5. The van der Waals surface area contributed by atoms with Crippen molar-refractivity contribution >= 4 is 17.2 Å². The molecular weight excluding hydrogens is 328 g/mol. The molecule has 24 heavy (non-hydrogen) atoms. The Morgan fingerprint density at radius 2 is 2.42 bits per heavy atom. The minimum Gasteiger partial charge on any atom is -0.336 e. The molecule has 4 heterocycles. The van der Waals surface area contributed by atoms with E-state index in [4.69, 9.17) is 4.52 Å². The monoisotopic (exact) mass is 344 g/mol. The predicted molar refractivity (Wildman–Crippen MR) is 86.6 cm³/mol. The third kappa shape index (κ3) is 2.71. The van der Waals surface area contributed by atoms with E-state index in [9.17, 15) is 4.79 Å². The Morgan fingerprint density at radius 3 is 3.17 bits per heavy atom. The molecule has 0 bridgehead atoms. The van der Waals surface area contributed by atoms with E-state index < -0.39 is 0 Å². The van der Waals surface area contributed by atoms with Gasteiger partial charge in [0, 0.05) is 19.5 Å². The summed E-state index contributed by atoms with van der Waals surface area (Å²) in [7, 11) is 0. The van der Waals surface area contributed by atoms with Gasteiger partial charge in [-0.3, -0.25) is 4.79 Å². The maximum atomic E-state index is 12.4. The van der Waals surface area contributed by atoms with Gasteiger partial charge in [-0.25, -0.2) is 4.68 Å². The largest absolute Gasteiger partial charge is 0.336 e. The summed E-state index contributed by atoms with van der Waals surface area (Å²) >= 11 is 1.47. The number of rotatable bonds is 4. The first-order chi connectivity index (χ1) is 11.7. The predicted octanol–water partition coefficient (Wildman–Crippen LogP) is 2.04. The average molecular weight is 344 g/mol. The highest BCUT2D eigenvalue weighted by molar-refractivity contribution is 7.12. The second-order valence-corrected chi connectivity index (χ2v) is 6.57. The lowest BCUT2D eigenvalue weighted by atomic mass is 10.3. The lowest BCUT2D eigenvalue weighted by molar-refractivity contribution is 0.0791. The Balaban J connectivity index is 1.47. The molecule has 1 atom stereocenters. The average Bonchev–Trinajstić information content (AvgIpc) is 3.41. The highest BCUT2D eigenvalue weighted by Crippen LogP contribution is 2.25. The molecule has 0 N–H and O–H groups in total. The van der Waals surface area contributed by atoms with Crippen LogP contribution in [0.4, 0.5) is 0 Å². The van der Waals surface area contributed by atoms with Crippen molar-refractivity contribution in [3.05, 3.63) is 34.4 Å². The molecule has 8 nitrogen and oxygen atoms in total. The first-order valence-corrected chi connectivity index (χ1v) is 8.70. The van der Waals surface area contributed by atoms with E-state index in [1.54, 1.807) is 10.9 Å². The quantitative estimate of drug-likeness (QED) is 0.719. The topological polar surface area (TPSA) is 89.9 Å². The van der Waals surface area contributed by atoms with Gasteiger partial charge < -0.3 is 9.42 Å². The van der Waals surface area contributed by atoms with Crippen molar-refractivity contribution < 1.29 is 9.32 Å². The van der Waals surface area contributed by atoms with Crippen LogP contribution in [0.15, 0.2) is 28.2 Å².